The monoisotopic (exact) mass is 277 g/mol. The standard InChI is InChI=1S/C14H13F2N3O/c1-19(9-10-5-2-3-8-17-10)14(20)18-12-7-4-6-11(15)13(12)16/h2-8H,9H2,1H3,(H,18,20). The average molecular weight is 277 g/mol. The molecule has 1 aromatic heterocycles. The number of rotatable bonds is 3. The van der Waals surface area contributed by atoms with Gasteiger partial charge in [-0.1, -0.05) is 12.1 Å². The van der Waals surface area contributed by atoms with E-state index in [1.807, 2.05) is 0 Å². The summed E-state index contributed by atoms with van der Waals surface area (Å²) in [5, 5.41) is 2.32. The highest BCUT2D eigenvalue weighted by atomic mass is 19.2. The number of nitrogens with one attached hydrogen (secondary N) is 1. The van der Waals surface area contributed by atoms with Crippen LogP contribution in [0.2, 0.25) is 0 Å². The molecule has 1 heterocycles. The number of halogens is 2. The van der Waals surface area contributed by atoms with E-state index in [9.17, 15) is 13.6 Å². The number of nitrogens with zero attached hydrogens (tertiary/aromatic N) is 2. The van der Waals surface area contributed by atoms with Gasteiger partial charge in [0, 0.05) is 13.2 Å². The summed E-state index contributed by atoms with van der Waals surface area (Å²) in [4.78, 5) is 17.3. The third kappa shape index (κ3) is 3.28. The minimum atomic E-state index is -1.08. The van der Waals surface area contributed by atoms with E-state index in [0.717, 1.165) is 6.07 Å². The van der Waals surface area contributed by atoms with Gasteiger partial charge in [0.1, 0.15) is 0 Å². The minimum absolute atomic E-state index is 0.192. The number of carbonyl (C=O) groups excluding carboxylic acids is 1. The summed E-state index contributed by atoms with van der Waals surface area (Å²) >= 11 is 0. The van der Waals surface area contributed by atoms with Gasteiger partial charge in [-0.3, -0.25) is 4.98 Å². The lowest BCUT2D eigenvalue weighted by Crippen LogP contribution is -2.31. The second kappa shape index (κ2) is 6.10. The van der Waals surface area contributed by atoms with Gasteiger partial charge in [-0.05, 0) is 24.3 Å². The van der Waals surface area contributed by atoms with Gasteiger partial charge in [0.25, 0.3) is 0 Å². The Bertz CT molecular complexity index is 605. The summed E-state index contributed by atoms with van der Waals surface area (Å²) in [5.41, 5.74) is 0.507. The third-order valence-electron chi connectivity index (χ3n) is 2.67. The fourth-order valence-electron chi connectivity index (χ4n) is 1.62. The van der Waals surface area contributed by atoms with E-state index in [-0.39, 0.29) is 12.2 Å². The minimum Gasteiger partial charge on any atom is -0.322 e. The Kier molecular flexibility index (Phi) is 4.24. The molecule has 0 radical (unpaired) electrons. The Morgan fingerprint density at radius 1 is 1.25 bits per heavy atom. The van der Waals surface area contributed by atoms with Crippen molar-refractivity contribution in [3.8, 4) is 0 Å². The second-order valence-corrected chi connectivity index (χ2v) is 4.21. The Morgan fingerprint density at radius 3 is 2.75 bits per heavy atom. The zero-order valence-corrected chi connectivity index (χ0v) is 10.8. The van der Waals surface area contributed by atoms with Crippen LogP contribution < -0.4 is 5.32 Å². The first-order chi connectivity index (χ1) is 9.58. The second-order valence-electron chi connectivity index (χ2n) is 4.21. The van der Waals surface area contributed by atoms with Crippen molar-refractivity contribution < 1.29 is 13.6 Å². The fourth-order valence-corrected chi connectivity index (χ4v) is 1.62. The van der Waals surface area contributed by atoms with Gasteiger partial charge in [0.15, 0.2) is 11.6 Å². The molecule has 0 aliphatic carbocycles. The predicted molar refractivity (Wildman–Crippen MR) is 71.1 cm³/mol. The molecule has 104 valence electrons. The molecule has 2 amide bonds. The van der Waals surface area contributed by atoms with Gasteiger partial charge in [-0.15, -0.1) is 0 Å². The zero-order chi connectivity index (χ0) is 14.5. The van der Waals surface area contributed by atoms with Crippen molar-refractivity contribution in [2.24, 2.45) is 0 Å². The van der Waals surface area contributed by atoms with Gasteiger partial charge < -0.3 is 10.2 Å². The molecule has 20 heavy (non-hydrogen) atoms. The molecule has 0 saturated carbocycles. The van der Waals surface area contributed by atoms with Crippen LogP contribution in [0.1, 0.15) is 5.69 Å². The molecule has 1 aromatic carbocycles. The first-order valence-corrected chi connectivity index (χ1v) is 5.94. The zero-order valence-electron chi connectivity index (χ0n) is 10.8. The first-order valence-electron chi connectivity index (χ1n) is 5.94. The molecule has 0 unspecified atom stereocenters. The van der Waals surface area contributed by atoms with Crippen LogP contribution in [0, 0.1) is 11.6 Å². The first kappa shape index (κ1) is 13.9. The molecule has 0 bridgehead atoms. The Morgan fingerprint density at radius 2 is 2.05 bits per heavy atom. The normalized spacial score (nSPS) is 10.2. The number of anilines is 1. The Labute approximate surface area is 115 Å². The predicted octanol–water partition coefficient (Wildman–Crippen LogP) is 3.02. The van der Waals surface area contributed by atoms with Crippen molar-refractivity contribution in [2.75, 3.05) is 12.4 Å². The maximum Gasteiger partial charge on any atom is 0.322 e. The topological polar surface area (TPSA) is 45.2 Å². The highest BCUT2D eigenvalue weighted by Gasteiger charge is 2.14. The van der Waals surface area contributed by atoms with Gasteiger partial charge in [0.05, 0.1) is 17.9 Å². The summed E-state index contributed by atoms with van der Waals surface area (Å²) in [7, 11) is 1.54. The van der Waals surface area contributed by atoms with Crippen molar-refractivity contribution in [3.05, 3.63) is 59.9 Å². The maximum absolute atomic E-state index is 13.4. The van der Waals surface area contributed by atoms with Crippen LogP contribution in [0.5, 0.6) is 0 Å². The molecule has 2 rings (SSSR count). The van der Waals surface area contributed by atoms with Crippen molar-refractivity contribution in [3.63, 3.8) is 0 Å². The highest BCUT2D eigenvalue weighted by molar-refractivity contribution is 5.89. The molecule has 1 N–H and O–H groups in total. The van der Waals surface area contributed by atoms with E-state index in [0.29, 0.717) is 5.69 Å². The van der Waals surface area contributed by atoms with Crippen molar-refractivity contribution in [2.45, 2.75) is 6.54 Å². The lowest BCUT2D eigenvalue weighted by molar-refractivity contribution is 0.220. The molecule has 0 saturated heterocycles. The number of hydrogen-bond acceptors (Lipinski definition) is 2. The lowest BCUT2D eigenvalue weighted by atomic mass is 10.3. The SMILES string of the molecule is CN(Cc1ccccn1)C(=O)Nc1cccc(F)c1F. The van der Waals surface area contributed by atoms with Crippen LogP contribution >= 0.6 is 0 Å². The lowest BCUT2D eigenvalue weighted by Gasteiger charge is -2.17. The van der Waals surface area contributed by atoms with E-state index < -0.39 is 17.7 Å². The molecular weight excluding hydrogens is 264 g/mol. The number of carbonyl (C=O) groups is 1. The molecule has 4 nitrogen and oxygen atoms in total. The smallest absolute Gasteiger partial charge is 0.322 e. The van der Waals surface area contributed by atoms with Crippen LogP contribution in [0.25, 0.3) is 0 Å². The quantitative estimate of drug-likeness (QED) is 0.937. The van der Waals surface area contributed by atoms with E-state index in [2.05, 4.69) is 10.3 Å². The van der Waals surface area contributed by atoms with E-state index in [1.54, 1.807) is 31.4 Å². The number of hydrogen-bond donors (Lipinski definition) is 1. The highest BCUT2D eigenvalue weighted by Crippen LogP contribution is 2.17. The molecule has 0 fully saturated rings. The van der Waals surface area contributed by atoms with Gasteiger partial charge >= 0.3 is 6.03 Å². The Balaban J connectivity index is 2.03. The Hall–Kier alpha value is -2.50. The van der Waals surface area contributed by atoms with Gasteiger partial charge in [-0.25, -0.2) is 13.6 Å². The largest absolute Gasteiger partial charge is 0.322 e. The van der Waals surface area contributed by atoms with Crippen molar-refractivity contribution in [1.82, 2.24) is 9.88 Å². The van der Waals surface area contributed by atoms with Crippen LogP contribution in [0.4, 0.5) is 19.3 Å². The molecule has 0 aliphatic heterocycles. The summed E-state index contributed by atoms with van der Waals surface area (Å²) in [5.74, 6) is -2.08. The van der Waals surface area contributed by atoms with E-state index in [4.69, 9.17) is 0 Å². The molecular formula is C14H13F2N3O. The molecule has 6 heteroatoms. The molecule has 0 aliphatic rings. The van der Waals surface area contributed by atoms with Crippen LogP contribution in [0.3, 0.4) is 0 Å². The van der Waals surface area contributed by atoms with Gasteiger partial charge in [0.2, 0.25) is 0 Å². The summed E-state index contributed by atoms with van der Waals surface area (Å²) in [6, 6.07) is 8.42. The molecule has 0 atom stereocenters. The number of urea groups is 1. The fraction of sp³-hybridized carbons (Fsp3) is 0.143. The van der Waals surface area contributed by atoms with Gasteiger partial charge in [-0.2, -0.15) is 0 Å². The molecule has 0 spiro atoms. The average Bonchev–Trinajstić information content (AvgIpc) is 2.45. The molecule has 2 aromatic rings. The number of aromatic nitrogens is 1. The van der Waals surface area contributed by atoms with Crippen LogP contribution in [0.15, 0.2) is 42.6 Å². The summed E-state index contributed by atoms with van der Waals surface area (Å²) in [6.45, 7) is 0.267. The summed E-state index contributed by atoms with van der Waals surface area (Å²) in [6.07, 6.45) is 1.62. The van der Waals surface area contributed by atoms with Crippen molar-refractivity contribution >= 4 is 11.7 Å². The third-order valence-corrected chi connectivity index (χ3v) is 2.67. The van der Waals surface area contributed by atoms with Crippen LogP contribution in [-0.2, 0) is 6.54 Å². The summed E-state index contributed by atoms with van der Waals surface area (Å²) < 4.78 is 26.5. The van der Waals surface area contributed by atoms with Crippen molar-refractivity contribution in [1.29, 1.82) is 0 Å². The maximum atomic E-state index is 13.4. The number of amides is 2. The van der Waals surface area contributed by atoms with E-state index in [1.165, 1.54) is 17.0 Å². The number of pyridine rings is 1. The van der Waals surface area contributed by atoms with E-state index >= 15 is 0 Å². The number of benzene rings is 1. The van der Waals surface area contributed by atoms with Crippen LogP contribution in [-0.4, -0.2) is 23.0 Å².